The predicted molar refractivity (Wildman–Crippen MR) is 64.7 cm³/mol. The van der Waals surface area contributed by atoms with E-state index in [1.807, 2.05) is 0 Å². The van der Waals surface area contributed by atoms with E-state index in [1.54, 1.807) is 6.33 Å². The quantitative estimate of drug-likeness (QED) is 0.827. The van der Waals surface area contributed by atoms with Crippen molar-refractivity contribution in [2.45, 2.75) is 25.7 Å². The summed E-state index contributed by atoms with van der Waals surface area (Å²) in [5.41, 5.74) is 5.95. The number of hydrazine groups is 1. The molecule has 2 aliphatic rings. The number of aryl methyl sites for hydroxylation is 1. The number of morpholine rings is 1. The lowest BCUT2D eigenvalue weighted by Crippen LogP contribution is -2.40. The number of rotatable bonds is 2. The fourth-order valence-electron chi connectivity index (χ4n) is 2.44. The summed E-state index contributed by atoms with van der Waals surface area (Å²) in [6, 6.07) is 0. The van der Waals surface area contributed by atoms with Crippen LogP contribution in [0.5, 0.6) is 0 Å². The van der Waals surface area contributed by atoms with Gasteiger partial charge in [0.25, 0.3) is 0 Å². The summed E-state index contributed by atoms with van der Waals surface area (Å²) in [5, 5.41) is 2.18. The molecule has 5 nitrogen and oxygen atoms in total. The highest BCUT2D eigenvalue weighted by Crippen LogP contribution is 2.24. The van der Waals surface area contributed by atoms with Gasteiger partial charge < -0.3 is 10.2 Å². The van der Waals surface area contributed by atoms with Crippen LogP contribution in [0, 0.1) is 0 Å². The Hall–Kier alpha value is -1.20. The Balaban J connectivity index is 1.77. The van der Waals surface area contributed by atoms with Gasteiger partial charge in [-0.1, -0.05) is 0 Å². The van der Waals surface area contributed by atoms with Crippen molar-refractivity contribution in [1.29, 1.82) is 0 Å². The second-order valence-electron chi connectivity index (χ2n) is 4.57. The maximum absolute atomic E-state index is 5.34. The van der Waals surface area contributed by atoms with Crippen molar-refractivity contribution in [2.75, 3.05) is 31.7 Å². The van der Waals surface area contributed by atoms with E-state index in [1.165, 1.54) is 24.1 Å². The SMILES string of the molecule is c1nc2c(c(NN3CCOCC3)n1)CCCC2. The first-order valence-electron chi connectivity index (χ1n) is 6.35. The van der Waals surface area contributed by atoms with Crippen molar-refractivity contribution in [1.82, 2.24) is 15.0 Å². The minimum absolute atomic E-state index is 0.792. The Morgan fingerprint density at radius 2 is 1.94 bits per heavy atom. The average Bonchev–Trinajstić information content (AvgIpc) is 2.40. The van der Waals surface area contributed by atoms with Gasteiger partial charge in [0, 0.05) is 24.3 Å². The molecule has 1 saturated heterocycles. The molecule has 0 atom stereocenters. The maximum atomic E-state index is 5.34. The molecule has 1 fully saturated rings. The van der Waals surface area contributed by atoms with Crippen molar-refractivity contribution < 1.29 is 4.74 Å². The van der Waals surface area contributed by atoms with Crippen LogP contribution in [0.1, 0.15) is 24.1 Å². The lowest BCUT2D eigenvalue weighted by atomic mass is 9.97. The Morgan fingerprint density at radius 1 is 1.12 bits per heavy atom. The highest BCUT2D eigenvalue weighted by atomic mass is 16.5. The second kappa shape index (κ2) is 4.98. The summed E-state index contributed by atoms with van der Waals surface area (Å²) in [6.45, 7) is 3.41. The Morgan fingerprint density at radius 3 is 2.82 bits per heavy atom. The van der Waals surface area contributed by atoms with Crippen molar-refractivity contribution in [3.8, 4) is 0 Å². The van der Waals surface area contributed by atoms with Gasteiger partial charge in [-0.25, -0.2) is 15.0 Å². The minimum Gasteiger partial charge on any atom is -0.379 e. The molecule has 2 heterocycles. The highest BCUT2D eigenvalue weighted by molar-refractivity contribution is 5.46. The molecule has 3 rings (SSSR count). The van der Waals surface area contributed by atoms with Gasteiger partial charge in [-0.2, -0.15) is 0 Å². The highest BCUT2D eigenvalue weighted by Gasteiger charge is 2.18. The molecule has 17 heavy (non-hydrogen) atoms. The van der Waals surface area contributed by atoms with E-state index in [0.717, 1.165) is 45.0 Å². The summed E-state index contributed by atoms with van der Waals surface area (Å²) < 4.78 is 5.34. The average molecular weight is 234 g/mol. The van der Waals surface area contributed by atoms with Gasteiger partial charge in [0.05, 0.1) is 13.2 Å². The van der Waals surface area contributed by atoms with Gasteiger partial charge in [-0.15, -0.1) is 0 Å². The van der Waals surface area contributed by atoms with Gasteiger partial charge in [-0.3, -0.25) is 0 Å². The molecule has 1 aliphatic heterocycles. The van der Waals surface area contributed by atoms with Crippen LogP contribution in [0.2, 0.25) is 0 Å². The summed E-state index contributed by atoms with van der Waals surface area (Å²) in [5.74, 6) is 0.997. The first kappa shape index (κ1) is 10.9. The molecule has 1 aromatic rings. The van der Waals surface area contributed by atoms with Crippen molar-refractivity contribution in [3.63, 3.8) is 0 Å². The van der Waals surface area contributed by atoms with Crippen LogP contribution in [0.15, 0.2) is 6.33 Å². The molecule has 0 unspecified atom stereocenters. The van der Waals surface area contributed by atoms with E-state index < -0.39 is 0 Å². The van der Waals surface area contributed by atoms with E-state index in [9.17, 15) is 0 Å². The molecule has 0 spiro atoms. The number of fused-ring (bicyclic) bond motifs is 1. The third-order valence-corrected chi connectivity index (χ3v) is 3.40. The fraction of sp³-hybridized carbons (Fsp3) is 0.667. The Bertz CT molecular complexity index is 390. The molecule has 0 aromatic carbocycles. The molecular weight excluding hydrogens is 216 g/mol. The zero-order valence-corrected chi connectivity index (χ0v) is 9.98. The van der Waals surface area contributed by atoms with Gasteiger partial charge in [-0.05, 0) is 25.7 Å². The largest absolute Gasteiger partial charge is 0.379 e. The molecule has 0 amide bonds. The molecule has 5 heteroatoms. The monoisotopic (exact) mass is 234 g/mol. The van der Waals surface area contributed by atoms with Crippen LogP contribution in [0.4, 0.5) is 5.82 Å². The summed E-state index contributed by atoms with van der Waals surface area (Å²) in [7, 11) is 0. The van der Waals surface area contributed by atoms with Crippen molar-refractivity contribution in [2.24, 2.45) is 0 Å². The number of aromatic nitrogens is 2. The smallest absolute Gasteiger partial charge is 0.147 e. The maximum Gasteiger partial charge on any atom is 0.147 e. The molecule has 0 saturated carbocycles. The fourth-order valence-corrected chi connectivity index (χ4v) is 2.44. The summed E-state index contributed by atoms with van der Waals surface area (Å²) in [6.07, 6.45) is 6.37. The van der Waals surface area contributed by atoms with Crippen LogP contribution >= 0.6 is 0 Å². The molecule has 0 radical (unpaired) electrons. The van der Waals surface area contributed by atoms with Crippen LogP contribution < -0.4 is 5.43 Å². The van der Waals surface area contributed by atoms with Gasteiger partial charge >= 0.3 is 0 Å². The standard InChI is InChI=1S/C12H18N4O/c1-2-4-11-10(3-1)12(14-9-13-11)15-16-5-7-17-8-6-16/h9H,1-8H2,(H,13,14,15). The van der Waals surface area contributed by atoms with Gasteiger partial charge in [0.15, 0.2) is 0 Å². The van der Waals surface area contributed by atoms with E-state index in [2.05, 4.69) is 20.4 Å². The molecule has 1 N–H and O–H groups in total. The first-order valence-corrected chi connectivity index (χ1v) is 6.35. The van der Waals surface area contributed by atoms with E-state index in [4.69, 9.17) is 4.74 Å². The lowest BCUT2D eigenvalue weighted by Gasteiger charge is -2.29. The van der Waals surface area contributed by atoms with Crippen molar-refractivity contribution >= 4 is 5.82 Å². The van der Waals surface area contributed by atoms with E-state index >= 15 is 0 Å². The molecule has 0 bridgehead atoms. The molecular formula is C12H18N4O. The number of anilines is 1. The lowest BCUT2D eigenvalue weighted by molar-refractivity contribution is 0.0494. The van der Waals surface area contributed by atoms with Crippen LogP contribution in [0.25, 0.3) is 0 Å². The zero-order valence-electron chi connectivity index (χ0n) is 9.98. The van der Waals surface area contributed by atoms with Gasteiger partial charge in [0.2, 0.25) is 0 Å². The first-order chi connectivity index (χ1) is 8.43. The van der Waals surface area contributed by atoms with Crippen molar-refractivity contribution in [3.05, 3.63) is 17.6 Å². The number of hydrogen-bond donors (Lipinski definition) is 1. The van der Waals surface area contributed by atoms with Crippen LogP contribution in [-0.2, 0) is 17.6 Å². The minimum atomic E-state index is 0.792. The number of nitrogens with zero attached hydrogens (tertiary/aromatic N) is 3. The Labute approximate surface area is 101 Å². The summed E-state index contributed by atoms with van der Waals surface area (Å²) >= 11 is 0. The van der Waals surface area contributed by atoms with Crippen LogP contribution in [-0.4, -0.2) is 41.3 Å². The molecule has 92 valence electrons. The number of ether oxygens (including phenoxy) is 1. The third kappa shape index (κ3) is 2.40. The van der Waals surface area contributed by atoms with E-state index in [-0.39, 0.29) is 0 Å². The normalized spacial score (nSPS) is 20.9. The number of hydrogen-bond acceptors (Lipinski definition) is 5. The topological polar surface area (TPSA) is 50.3 Å². The summed E-state index contributed by atoms with van der Waals surface area (Å²) in [4.78, 5) is 8.76. The number of nitrogens with one attached hydrogen (secondary N) is 1. The van der Waals surface area contributed by atoms with E-state index in [0.29, 0.717) is 0 Å². The predicted octanol–water partition coefficient (Wildman–Crippen LogP) is 1.01. The zero-order chi connectivity index (χ0) is 11.5. The Kier molecular flexibility index (Phi) is 3.20. The van der Waals surface area contributed by atoms with Crippen LogP contribution in [0.3, 0.4) is 0 Å². The van der Waals surface area contributed by atoms with Gasteiger partial charge in [0.1, 0.15) is 12.1 Å². The molecule has 1 aliphatic carbocycles. The third-order valence-electron chi connectivity index (χ3n) is 3.40. The second-order valence-corrected chi connectivity index (χ2v) is 4.57. The molecule has 1 aromatic heterocycles.